The van der Waals surface area contributed by atoms with E-state index in [1.165, 1.54) is 4.57 Å². The van der Waals surface area contributed by atoms with Crippen molar-refractivity contribution in [2.24, 2.45) is 0 Å². The third-order valence-corrected chi connectivity index (χ3v) is 4.03. The molecule has 2 aromatic heterocycles. The number of ether oxygens (including phenoxy) is 3. The molecular formula is C21H24N2O4. The van der Waals surface area contributed by atoms with Gasteiger partial charge in [-0.15, -0.1) is 0 Å². The van der Waals surface area contributed by atoms with Gasteiger partial charge in [-0.25, -0.2) is 4.79 Å². The molecule has 0 bridgehead atoms. The zero-order valence-electron chi connectivity index (χ0n) is 16.2. The first-order chi connectivity index (χ1) is 12.8. The maximum atomic E-state index is 12.7. The molecule has 0 saturated heterocycles. The fourth-order valence-electron chi connectivity index (χ4n) is 2.88. The van der Waals surface area contributed by atoms with Crippen LogP contribution in [0.15, 0.2) is 48.8 Å². The molecule has 0 atom stereocenters. The number of benzene rings is 1. The van der Waals surface area contributed by atoms with Gasteiger partial charge >= 0.3 is 6.09 Å². The molecule has 0 spiro atoms. The van der Waals surface area contributed by atoms with Crippen molar-refractivity contribution in [1.82, 2.24) is 9.55 Å². The summed E-state index contributed by atoms with van der Waals surface area (Å²) in [5, 5.41) is 0. The summed E-state index contributed by atoms with van der Waals surface area (Å²) in [6.07, 6.45) is 3.11. The van der Waals surface area contributed by atoms with E-state index in [0.717, 1.165) is 16.8 Å². The zero-order chi connectivity index (χ0) is 19.6. The summed E-state index contributed by atoms with van der Waals surface area (Å²) >= 11 is 0. The molecule has 0 fully saturated rings. The van der Waals surface area contributed by atoms with Crippen molar-refractivity contribution in [3.8, 4) is 34.0 Å². The topological polar surface area (TPSA) is 65.5 Å². The van der Waals surface area contributed by atoms with E-state index in [2.05, 4.69) is 4.98 Å². The zero-order valence-corrected chi connectivity index (χ0v) is 16.2. The Hall–Kier alpha value is -3.15. The minimum absolute atomic E-state index is 0.435. The molecule has 6 heteroatoms. The molecule has 0 unspecified atom stereocenters. The van der Waals surface area contributed by atoms with Crippen LogP contribution in [0.25, 0.3) is 22.5 Å². The predicted molar refractivity (Wildman–Crippen MR) is 104 cm³/mol. The molecule has 1 N–H and O–H groups in total. The Morgan fingerprint density at radius 2 is 1.67 bits per heavy atom. The largest absolute Gasteiger partial charge is 0.493 e. The van der Waals surface area contributed by atoms with Gasteiger partial charge in [0, 0.05) is 29.2 Å². The second kappa shape index (κ2) is 7.23. The Kier molecular flexibility index (Phi) is 4.99. The number of hydrogen-bond donors (Lipinski definition) is 1. The van der Waals surface area contributed by atoms with Crippen LogP contribution in [0, 0.1) is 0 Å². The van der Waals surface area contributed by atoms with Crippen molar-refractivity contribution in [3.63, 3.8) is 0 Å². The molecular weight excluding hydrogens is 344 g/mol. The first kappa shape index (κ1) is 18.6. The standard InChI is InChI=1S/C21H24N2O4/c1-21(2,3)27-20(24)23-11-7-9-17(23)15-13-19(26-5)18(25-4)12-14(15)16-8-6-10-22-16/h6-13,22H,1-5H3. The van der Waals surface area contributed by atoms with E-state index in [0.29, 0.717) is 17.2 Å². The van der Waals surface area contributed by atoms with Crippen molar-refractivity contribution >= 4 is 6.09 Å². The van der Waals surface area contributed by atoms with E-state index in [1.807, 2.05) is 63.4 Å². The minimum Gasteiger partial charge on any atom is -0.493 e. The van der Waals surface area contributed by atoms with Crippen LogP contribution < -0.4 is 9.47 Å². The van der Waals surface area contributed by atoms with Gasteiger partial charge in [-0.2, -0.15) is 0 Å². The quantitative estimate of drug-likeness (QED) is 0.707. The summed E-state index contributed by atoms with van der Waals surface area (Å²) in [5.74, 6) is 1.20. The highest BCUT2D eigenvalue weighted by atomic mass is 16.6. The summed E-state index contributed by atoms with van der Waals surface area (Å²) in [6.45, 7) is 5.53. The fraction of sp³-hybridized carbons (Fsp3) is 0.286. The van der Waals surface area contributed by atoms with Crippen LogP contribution in [-0.4, -0.2) is 35.5 Å². The Labute approximate surface area is 158 Å². The number of methoxy groups -OCH3 is 2. The monoisotopic (exact) mass is 368 g/mol. The number of aromatic nitrogens is 2. The molecule has 0 aliphatic rings. The maximum Gasteiger partial charge on any atom is 0.418 e. The number of carbonyl (C=O) groups excluding carboxylic acids is 1. The van der Waals surface area contributed by atoms with Crippen LogP contribution in [0.4, 0.5) is 4.79 Å². The summed E-state index contributed by atoms with van der Waals surface area (Å²) in [5.41, 5.74) is 2.74. The maximum absolute atomic E-state index is 12.7. The molecule has 1 aromatic carbocycles. The lowest BCUT2D eigenvalue weighted by Gasteiger charge is -2.21. The highest BCUT2D eigenvalue weighted by Gasteiger charge is 2.22. The van der Waals surface area contributed by atoms with Gasteiger partial charge in [-0.3, -0.25) is 4.57 Å². The van der Waals surface area contributed by atoms with E-state index in [4.69, 9.17) is 14.2 Å². The Balaban J connectivity index is 2.17. The van der Waals surface area contributed by atoms with Gasteiger partial charge < -0.3 is 19.2 Å². The Bertz CT molecular complexity index is 934. The van der Waals surface area contributed by atoms with Crippen LogP contribution in [0.5, 0.6) is 11.5 Å². The average molecular weight is 368 g/mol. The SMILES string of the molecule is COc1cc(-c2ccc[nH]2)c(-c2cccn2C(=O)OC(C)(C)C)cc1OC. The van der Waals surface area contributed by atoms with E-state index in [-0.39, 0.29) is 0 Å². The van der Waals surface area contributed by atoms with E-state index >= 15 is 0 Å². The fourth-order valence-corrected chi connectivity index (χ4v) is 2.88. The van der Waals surface area contributed by atoms with E-state index < -0.39 is 11.7 Å². The highest BCUT2D eigenvalue weighted by Crippen LogP contribution is 2.40. The molecule has 3 rings (SSSR count). The van der Waals surface area contributed by atoms with Crippen LogP contribution >= 0.6 is 0 Å². The van der Waals surface area contributed by atoms with Gasteiger partial charge in [0.1, 0.15) is 5.60 Å². The number of H-pyrrole nitrogens is 1. The summed E-state index contributed by atoms with van der Waals surface area (Å²) in [7, 11) is 3.18. The highest BCUT2D eigenvalue weighted by molar-refractivity contribution is 5.87. The van der Waals surface area contributed by atoms with Gasteiger partial charge in [0.15, 0.2) is 11.5 Å². The second-order valence-corrected chi connectivity index (χ2v) is 7.08. The molecule has 0 saturated carbocycles. The molecule has 3 aromatic rings. The summed E-state index contributed by atoms with van der Waals surface area (Å²) < 4.78 is 18.0. The van der Waals surface area contributed by atoms with Crippen molar-refractivity contribution in [3.05, 3.63) is 48.8 Å². The molecule has 0 aliphatic heterocycles. The molecule has 2 heterocycles. The van der Waals surface area contributed by atoms with Crippen molar-refractivity contribution in [2.45, 2.75) is 26.4 Å². The van der Waals surface area contributed by atoms with Crippen molar-refractivity contribution < 1.29 is 19.0 Å². The minimum atomic E-state index is -0.585. The second-order valence-electron chi connectivity index (χ2n) is 7.08. The molecule has 142 valence electrons. The average Bonchev–Trinajstić information content (AvgIpc) is 3.30. The lowest BCUT2D eigenvalue weighted by Crippen LogP contribution is -2.27. The number of hydrogen-bond acceptors (Lipinski definition) is 4. The summed E-state index contributed by atoms with van der Waals surface area (Å²) in [4.78, 5) is 15.9. The molecule has 0 radical (unpaired) electrons. The van der Waals surface area contributed by atoms with Crippen LogP contribution in [0.1, 0.15) is 20.8 Å². The van der Waals surface area contributed by atoms with Crippen LogP contribution in [0.3, 0.4) is 0 Å². The first-order valence-electron chi connectivity index (χ1n) is 8.65. The number of rotatable bonds is 4. The van der Waals surface area contributed by atoms with Gasteiger partial charge in [0.05, 0.1) is 19.9 Å². The van der Waals surface area contributed by atoms with E-state index in [9.17, 15) is 4.79 Å². The number of aromatic amines is 1. The Morgan fingerprint density at radius 1 is 1.00 bits per heavy atom. The molecule has 0 amide bonds. The van der Waals surface area contributed by atoms with Gasteiger partial charge in [0.25, 0.3) is 0 Å². The third kappa shape index (κ3) is 3.84. The van der Waals surface area contributed by atoms with Crippen molar-refractivity contribution in [1.29, 1.82) is 0 Å². The first-order valence-corrected chi connectivity index (χ1v) is 8.65. The van der Waals surface area contributed by atoms with Gasteiger partial charge in [-0.1, -0.05) is 0 Å². The molecule has 6 nitrogen and oxygen atoms in total. The predicted octanol–water partition coefficient (Wildman–Crippen LogP) is 4.95. The van der Waals surface area contributed by atoms with Gasteiger partial charge in [-0.05, 0) is 57.2 Å². The van der Waals surface area contributed by atoms with Crippen LogP contribution in [0.2, 0.25) is 0 Å². The molecule has 0 aliphatic carbocycles. The molecule has 27 heavy (non-hydrogen) atoms. The van der Waals surface area contributed by atoms with Crippen molar-refractivity contribution in [2.75, 3.05) is 14.2 Å². The number of carbonyl (C=O) groups is 1. The van der Waals surface area contributed by atoms with Gasteiger partial charge in [0.2, 0.25) is 0 Å². The third-order valence-electron chi connectivity index (χ3n) is 4.03. The smallest absolute Gasteiger partial charge is 0.418 e. The lowest BCUT2D eigenvalue weighted by atomic mass is 10.0. The lowest BCUT2D eigenvalue weighted by molar-refractivity contribution is 0.0540. The Morgan fingerprint density at radius 3 is 2.22 bits per heavy atom. The number of nitrogens with zero attached hydrogens (tertiary/aromatic N) is 1. The normalized spacial score (nSPS) is 11.3. The van der Waals surface area contributed by atoms with E-state index in [1.54, 1.807) is 20.4 Å². The number of nitrogens with one attached hydrogen (secondary N) is 1. The van der Waals surface area contributed by atoms with Crippen LogP contribution in [-0.2, 0) is 4.74 Å². The summed E-state index contributed by atoms with van der Waals surface area (Å²) in [6, 6.07) is 11.3.